The minimum atomic E-state index is -0.173. The molecule has 1 aromatic rings. The van der Waals surface area contributed by atoms with Crippen molar-refractivity contribution in [1.29, 1.82) is 0 Å². The van der Waals surface area contributed by atoms with Crippen molar-refractivity contribution in [3.63, 3.8) is 0 Å². The first kappa shape index (κ1) is 10.6. The molecule has 2 rings (SSSR count). The minimum absolute atomic E-state index is 0.173. The van der Waals surface area contributed by atoms with Crippen LogP contribution in [-0.2, 0) is 6.42 Å². The third kappa shape index (κ3) is 2.55. The van der Waals surface area contributed by atoms with Gasteiger partial charge in [0.2, 0.25) is 0 Å². The Kier molecular flexibility index (Phi) is 3.34. The zero-order valence-corrected chi connectivity index (χ0v) is 9.11. The maximum Gasteiger partial charge on any atom is 0.0596 e. The van der Waals surface area contributed by atoms with E-state index in [1.807, 2.05) is 12.3 Å². The summed E-state index contributed by atoms with van der Waals surface area (Å²) in [5.74, 6) is 0.312. The summed E-state index contributed by atoms with van der Waals surface area (Å²) < 4.78 is 0. The van der Waals surface area contributed by atoms with Crippen LogP contribution in [0.15, 0.2) is 18.3 Å². The summed E-state index contributed by atoms with van der Waals surface area (Å²) in [4.78, 5) is 4.37. The number of pyridine rings is 1. The molecule has 1 aliphatic rings. The lowest BCUT2D eigenvalue weighted by Crippen LogP contribution is -2.41. The van der Waals surface area contributed by atoms with Crippen molar-refractivity contribution in [2.24, 2.45) is 5.92 Å². The zero-order valence-electron chi connectivity index (χ0n) is 9.11. The molecule has 1 aromatic heterocycles. The molecule has 0 aromatic carbocycles. The van der Waals surface area contributed by atoms with Gasteiger partial charge < -0.3 is 10.4 Å². The normalized spacial score (nSPS) is 26.5. The van der Waals surface area contributed by atoms with Crippen LogP contribution in [0.2, 0.25) is 0 Å². The fourth-order valence-electron chi connectivity index (χ4n) is 2.10. The number of hydrogen-bond acceptors (Lipinski definition) is 3. The van der Waals surface area contributed by atoms with Crippen LogP contribution in [0.5, 0.6) is 0 Å². The fourth-order valence-corrected chi connectivity index (χ4v) is 2.10. The molecular weight excluding hydrogens is 188 g/mol. The van der Waals surface area contributed by atoms with Gasteiger partial charge in [-0.1, -0.05) is 6.07 Å². The Morgan fingerprint density at radius 1 is 1.60 bits per heavy atom. The highest BCUT2D eigenvalue weighted by molar-refractivity contribution is 5.18. The van der Waals surface area contributed by atoms with Gasteiger partial charge in [-0.25, -0.2) is 0 Å². The predicted molar refractivity (Wildman–Crippen MR) is 59.7 cm³/mol. The van der Waals surface area contributed by atoms with Crippen molar-refractivity contribution in [3.05, 3.63) is 29.6 Å². The molecule has 3 heteroatoms. The van der Waals surface area contributed by atoms with E-state index < -0.39 is 0 Å². The second-order valence-corrected chi connectivity index (χ2v) is 4.29. The van der Waals surface area contributed by atoms with Crippen LogP contribution in [0.25, 0.3) is 0 Å². The van der Waals surface area contributed by atoms with E-state index in [1.54, 1.807) is 0 Å². The number of nitrogens with one attached hydrogen (secondary N) is 1. The van der Waals surface area contributed by atoms with Gasteiger partial charge in [0.25, 0.3) is 0 Å². The van der Waals surface area contributed by atoms with Crippen LogP contribution in [0.1, 0.15) is 17.7 Å². The smallest absolute Gasteiger partial charge is 0.0596 e. The highest BCUT2D eigenvalue weighted by Gasteiger charge is 2.23. The summed E-state index contributed by atoms with van der Waals surface area (Å²) >= 11 is 0. The monoisotopic (exact) mass is 206 g/mol. The Morgan fingerprint density at radius 3 is 3.20 bits per heavy atom. The van der Waals surface area contributed by atoms with Crippen LogP contribution < -0.4 is 5.32 Å². The molecule has 2 N–H and O–H groups in total. The largest absolute Gasteiger partial charge is 0.393 e. The first-order valence-electron chi connectivity index (χ1n) is 5.56. The third-order valence-corrected chi connectivity index (χ3v) is 3.14. The molecule has 0 radical (unpaired) electrons. The van der Waals surface area contributed by atoms with Gasteiger partial charge in [-0.3, -0.25) is 4.98 Å². The Morgan fingerprint density at radius 2 is 2.47 bits per heavy atom. The highest BCUT2D eigenvalue weighted by Crippen LogP contribution is 2.17. The van der Waals surface area contributed by atoms with Crippen molar-refractivity contribution < 1.29 is 5.11 Å². The number of piperidine rings is 1. The minimum Gasteiger partial charge on any atom is -0.393 e. The Hall–Kier alpha value is -0.930. The molecule has 82 valence electrons. The number of hydrogen-bond donors (Lipinski definition) is 2. The summed E-state index contributed by atoms with van der Waals surface area (Å²) in [6.45, 7) is 3.90. The van der Waals surface area contributed by atoms with Gasteiger partial charge in [0.1, 0.15) is 0 Å². The maximum absolute atomic E-state index is 9.85. The van der Waals surface area contributed by atoms with Crippen LogP contribution in [0.4, 0.5) is 0 Å². The van der Waals surface area contributed by atoms with Crippen molar-refractivity contribution in [2.75, 3.05) is 13.1 Å². The molecule has 15 heavy (non-hydrogen) atoms. The lowest BCUT2D eigenvalue weighted by atomic mass is 9.90. The summed E-state index contributed by atoms with van der Waals surface area (Å²) in [6, 6.07) is 4.03. The van der Waals surface area contributed by atoms with Gasteiger partial charge in [-0.05, 0) is 37.9 Å². The van der Waals surface area contributed by atoms with Crippen LogP contribution in [0.3, 0.4) is 0 Å². The van der Waals surface area contributed by atoms with Crippen LogP contribution in [-0.4, -0.2) is 29.3 Å². The predicted octanol–water partition coefficient (Wildman–Crippen LogP) is 0.903. The van der Waals surface area contributed by atoms with E-state index in [9.17, 15) is 5.11 Å². The Balaban J connectivity index is 2.04. The number of aryl methyl sites for hydroxylation is 1. The van der Waals surface area contributed by atoms with E-state index in [0.29, 0.717) is 5.92 Å². The molecule has 2 unspecified atom stereocenters. The van der Waals surface area contributed by atoms with Gasteiger partial charge in [-0.15, -0.1) is 0 Å². The van der Waals surface area contributed by atoms with E-state index in [2.05, 4.69) is 23.3 Å². The van der Waals surface area contributed by atoms with Gasteiger partial charge in [0.05, 0.1) is 6.10 Å². The van der Waals surface area contributed by atoms with Crippen molar-refractivity contribution in [1.82, 2.24) is 10.3 Å². The molecular formula is C12H18N2O. The molecule has 2 atom stereocenters. The van der Waals surface area contributed by atoms with E-state index in [4.69, 9.17) is 0 Å². The van der Waals surface area contributed by atoms with E-state index >= 15 is 0 Å². The Bertz CT molecular complexity index is 327. The molecule has 0 spiro atoms. The standard InChI is InChI=1S/C12H18N2O/c1-9-3-2-5-14-11(9)7-10-8-13-6-4-12(10)15/h2-3,5,10,12-13,15H,4,6-8H2,1H3. The van der Waals surface area contributed by atoms with Crippen molar-refractivity contribution >= 4 is 0 Å². The maximum atomic E-state index is 9.85. The average molecular weight is 206 g/mol. The molecule has 0 aliphatic carbocycles. The van der Waals surface area contributed by atoms with Crippen LogP contribution in [0, 0.1) is 12.8 Å². The molecule has 3 nitrogen and oxygen atoms in total. The fraction of sp³-hybridized carbons (Fsp3) is 0.583. The van der Waals surface area contributed by atoms with Crippen molar-refractivity contribution in [3.8, 4) is 0 Å². The summed E-state index contributed by atoms with van der Waals surface area (Å²) in [7, 11) is 0. The lowest BCUT2D eigenvalue weighted by molar-refractivity contribution is 0.0786. The molecule has 1 aliphatic heterocycles. The summed E-state index contributed by atoms with van der Waals surface area (Å²) in [5.41, 5.74) is 2.33. The molecule has 0 saturated carbocycles. The van der Waals surface area contributed by atoms with Crippen molar-refractivity contribution in [2.45, 2.75) is 25.9 Å². The first-order chi connectivity index (χ1) is 7.27. The average Bonchev–Trinajstić information content (AvgIpc) is 2.24. The third-order valence-electron chi connectivity index (χ3n) is 3.14. The molecule has 0 amide bonds. The Labute approximate surface area is 90.5 Å². The SMILES string of the molecule is Cc1cccnc1CC1CNCCC1O. The van der Waals surface area contributed by atoms with E-state index in [0.717, 1.165) is 31.6 Å². The number of aliphatic hydroxyl groups excluding tert-OH is 1. The summed E-state index contributed by atoms with van der Waals surface area (Å²) in [6.07, 6.45) is 3.38. The second kappa shape index (κ2) is 4.73. The molecule has 1 fully saturated rings. The van der Waals surface area contributed by atoms with Crippen LogP contribution >= 0.6 is 0 Å². The first-order valence-corrected chi connectivity index (χ1v) is 5.56. The van der Waals surface area contributed by atoms with Gasteiger partial charge >= 0.3 is 0 Å². The van der Waals surface area contributed by atoms with Gasteiger partial charge in [0, 0.05) is 24.4 Å². The second-order valence-electron chi connectivity index (χ2n) is 4.29. The topological polar surface area (TPSA) is 45.2 Å². The number of nitrogens with zero attached hydrogens (tertiary/aromatic N) is 1. The highest BCUT2D eigenvalue weighted by atomic mass is 16.3. The quantitative estimate of drug-likeness (QED) is 0.756. The molecule has 1 saturated heterocycles. The number of rotatable bonds is 2. The molecule has 0 bridgehead atoms. The number of aromatic nitrogens is 1. The van der Waals surface area contributed by atoms with E-state index in [1.165, 1.54) is 5.56 Å². The molecule has 2 heterocycles. The van der Waals surface area contributed by atoms with Gasteiger partial charge in [0.15, 0.2) is 0 Å². The van der Waals surface area contributed by atoms with Gasteiger partial charge in [-0.2, -0.15) is 0 Å². The van der Waals surface area contributed by atoms with E-state index in [-0.39, 0.29) is 6.10 Å². The number of aliphatic hydroxyl groups is 1. The zero-order chi connectivity index (χ0) is 10.7. The lowest BCUT2D eigenvalue weighted by Gasteiger charge is -2.28. The summed E-state index contributed by atoms with van der Waals surface area (Å²) in [5, 5.41) is 13.2.